The molecule has 17 heavy (non-hydrogen) atoms. The lowest BCUT2D eigenvalue weighted by atomic mass is 9.95. The lowest BCUT2D eigenvalue weighted by Crippen LogP contribution is -2.14. The Labute approximate surface area is 100 Å². The number of hydrogen-bond donors (Lipinski definition) is 1. The SMILES string of the molecule is CCc1cnccc1C(N)c1cccc(F)c1. The molecule has 0 spiro atoms. The van der Waals surface area contributed by atoms with Crippen LogP contribution in [0.2, 0.25) is 0 Å². The van der Waals surface area contributed by atoms with E-state index in [0.717, 1.165) is 23.1 Å². The number of benzene rings is 1. The lowest BCUT2D eigenvalue weighted by Gasteiger charge is -2.15. The standard InChI is InChI=1S/C14H15FN2/c1-2-10-9-17-7-6-13(10)14(16)11-4-3-5-12(15)8-11/h3-9,14H,2,16H2,1H3. The van der Waals surface area contributed by atoms with E-state index in [1.165, 1.54) is 12.1 Å². The van der Waals surface area contributed by atoms with Gasteiger partial charge in [0.2, 0.25) is 0 Å². The van der Waals surface area contributed by atoms with Crippen LogP contribution in [0.5, 0.6) is 0 Å². The van der Waals surface area contributed by atoms with Crippen molar-refractivity contribution in [1.82, 2.24) is 4.98 Å². The number of aryl methyl sites for hydroxylation is 1. The maximum atomic E-state index is 13.2. The summed E-state index contributed by atoms with van der Waals surface area (Å²) in [4.78, 5) is 4.08. The van der Waals surface area contributed by atoms with Crippen molar-refractivity contribution in [2.45, 2.75) is 19.4 Å². The van der Waals surface area contributed by atoms with E-state index >= 15 is 0 Å². The molecule has 3 heteroatoms. The molecule has 0 aliphatic rings. The Morgan fingerprint density at radius 3 is 2.88 bits per heavy atom. The van der Waals surface area contributed by atoms with Crippen molar-refractivity contribution < 1.29 is 4.39 Å². The number of nitrogens with zero attached hydrogens (tertiary/aromatic N) is 1. The summed E-state index contributed by atoms with van der Waals surface area (Å²) in [7, 11) is 0. The fraction of sp³-hybridized carbons (Fsp3) is 0.214. The van der Waals surface area contributed by atoms with Gasteiger partial charge in [0.1, 0.15) is 5.82 Å². The molecule has 0 radical (unpaired) electrons. The predicted molar refractivity (Wildman–Crippen MR) is 66.0 cm³/mol. The van der Waals surface area contributed by atoms with Gasteiger partial charge in [-0.15, -0.1) is 0 Å². The fourth-order valence-electron chi connectivity index (χ4n) is 1.92. The van der Waals surface area contributed by atoms with Crippen LogP contribution in [0.3, 0.4) is 0 Å². The quantitative estimate of drug-likeness (QED) is 0.880. The van der Waals surface area contributed by atoms with Gasteiger partial charge in [-0.2, -0.15) is 0 Å². The first-order valence-electron chi connectivity index (χ1n) is 5.66. The van der Waals surface area contributed by atoms with Crippen LogP contribution in [0.1, 0.15) is 29.7 Å². The van der Waals surface area contributed by atoms with E-state index in [4.69, 9.17) is 5.73 Å². The topological polar surface area (TPSA) is 38.9 Å². The summed E-state index contributed by atoms with van der Waals surface area (Å²) >= 11 is 0. The van der Waals surface area contributed by atoms with Crippen molar-refractivity contribution in [1.29, 1.82) is 0 Å². The Hall–Kier alpha value is -1.74. The highest BCUT2D eigenvalue weighted by Crippen LogP contribution is 2.23. The third kappa shape index (κ3) is 2.50. The van der Waals surface area contributed by atoms with Crippen LogP contribution < -0.4 is 5.73 Å². The van der Waals surface area contributed by atoms with Crippen LogP contribution in [0.25, 0.3) is 0 Å². The van der Waals surface area contributed by atoms with E-state index in [2.05, 4.69) is 11.9 Å². The molecule has 0 amide bonds. The number of pyridine rings is 1. The minimum Gasteiger partial charge on any atom is -0.320 e. The first-order valence-corrected chi connectivity index (χ1v) is 5.66. The molecule has 2 nitrogen and oxygen atoms in total. The highest BCUT2D eigenvalue weighted by molar-refractivity contribution is 5.35. The molecule has 1 atom stereocenters. The van der Waals surface area contributed by atoms with Crippen LogP contribution in [-0.4, -0.2) is 4.98 Å². The molecule has 2 rings (SSSR count). The summed E-state index contributed by atoms with van der Waals surface area (Å²) in [6, 6.07) is 8.01. The molecule has 1 aromatic carbocycles. The summed E-state index contributed by atoms with van der Waals surface area (Å²) in [6.45, 7) is 2.05. The van der Waals surface area contributed by atoms with E-state index in [1.54, 1.807) is 12.3 Å². The Bertz CT molecular complexity index is 511. The summed E-state index contributed by atoms with van der Waals surface area (Å²) in [5, 5.41) is 0. The molecule has 1 heterocycles. The first-order chi connectivity index (χ1) is 8.22. The molecule has 0 saturated heterocycles. The molecular formula is C14H15FN2. The summed E-state index contributed by atoms with van der Waals surface area (Å²) in [6.07, 6.45) is 4.40. The zero-order valence-electron chi connectivity index (χ0n) is 9.73. The van der Waals surface area contributed by atoms with E-state index in [0.29, 0.717) is 0 Å². The largest absolute Gasteiger partial charge is 0.320 e. The van der Waals surface area contributed by atoms with Crippen LogP contribution in [0.15, 0.2) is 42.7 Å². The summed E-state index contributed by atoms with van der Waals surface area (Å²) in [5.41, 5.74) is 9.06. The highest BCUT2D eigenvalue weighted by Gasteiger charge is 2.12. The normalized spacial score (nSPS) is 12.4. The number of rotatable bonds is 3. The number of hydrogen-bond acceptors (Lipinski definition) is 2. The smallest absolute Gasteiger partial charge is 0.123 e. The van der Waals surface area contributed by atoms with Gasteiger partial charge in [0.15, 0.2) is 0 Å². The molecule has 0 saturated carbocycles. The molecule has 2 N–H and O–H groups in total. The fourth-order valence-corrected chi connectivity index (χ4v) is 1.92. The van der Waals surface area contributed by atoms with Gasteiger partial charge in [-0.25, -0.2) is 4.39 Å². The van der Waals surface area contributed by atoms with Gasteiger partial charge in [0, 0.05) is 12.4 Å². The van der Waals surface area contributed by atoms with Gasteiger partial charge in [0.25, 0.3) is 0 Å². The third-order valence-corrected chi connectivity index (χ3v) is 2.87. The Morgan fingerprint density at radius 1 is 1.35 bits per heavy atom. The molecule has 88 valence electrons. The van der Waals surface area contributed by atoms with Gasteiger partial charge in [-0.1, -0.05) is 19.1 Å². The maximum Gasteiger partial charge on any atom is 0.123 e. The second-order valence-electron chi connectivity index (χ2n) is 3.96. The minimum absolute atomic E-state index is 0.259. The zero-order chi connectivity index (χ0) is 12.3. The number of nitrogens with two attached hydrogens (primary N) is 1. The van der Waals surface area contributed by atoms with Crippen LogP contribution in [0.4, 0.5) is 4.39 Å². The van der Waals surface area contributed by atoms with Gasteiger partial charge in [-0.3, -0.25) is 4.98 Å². The summed E-state index contributed by atoms with van der Waals surface area (Å²) in [5.74, 6) is -0.259. The third-order valence-electron chi connectivity index (χ3n) is 2.87. The van der Waals surface area contributed by atoms with Crippen molar-refractivity contribution in [3.8, 4) is 0 Å². The highest BCUT2D eigenvalue weighted by atomic mass is 19.1. The van der Waals surface area contributed by atoms with E-state index in [-0.39, 0.29) is 11.9 Å². The second kappa shape index (κ2) is 5.06. The number of halogens is 1. The van der Waals surface area contributed by atoms with Crippen molar-refractivity contribution >= 4 is 0 Å². The summed E-state index contributed by atoms with van der Waals surface area (Å²) < 4.78 is 13.2. The average Bonchev–Trinajstić information content (AvgIpc) is 2.38. The first kappa shape index (κ1) is 11.7. The Kier molecular flexibility index (Phi) is 3.49. The second-order valence-corrected chi connectivity index (χ2v) is 3.96. The zero-order valence-corrected chi connectivity index (χ0v) is 9.73. The average molecular weight is 230 g/mol. The molecule has 2 aromatic rings. The molecule has 1 unspecified atom stereocenters. The van der Waals surface area contributed by atoms with E-state index in [9.17, 15) is 4.39 Å². The molecular weight excluding hydrogens is 215 g/mol. The lowest BCUT2D eigenvalue weighted by molar-refractivity contribution is 0.623. The molecule has 1 aromatic heterocycles. The van der Waals surface area contributed by atoms with E-state index in [1.807, 2.05) is 18.3 Å². The number of aromatic nitrogens is 1. The molecule has 0 aliphatic heterocycles. The van der Waals surface area contributed by atoms with Gasteiger partial charge < -0.3 is 5.73 Å². The van der Waals surface area contributed by atoms with Crippen LogP contribution >= 0.6 is 0 Å². The van der Waals surface area contributed by atoms with Crippen molar-refractivity contribution in [3.63, 3.8) is 0 Å². The molecule has 0 bridgehead atoms. The molecule has 0 fully saturated rings. The van der Waals surface area contributed by atoms with Gasteiger partial charge in [-0.05, 0) is 41.3 Å². The van der Waals surface area contributed by atoms with Crippen LogP contribution in [-0.2, 0) is 6.42 Å². The minimum atomic E-state index is -0.302. The van der Waals surface area contributed by atoms with Crippen LogP contribution in [0, 0.1) is 5.82 Å². The Morgan fingerprint density at radius 2 is 2.18 bits per heavy atom. The molecule has 0 aliphatic carbocycles. The van der Waals surface area contributed by atoms with Gasteiger partial charge in [0.05, 0.1) is 6.04 Å². The predicted octanol–water partition coefficient (Wildman–Crippen LogP) is 2.83. The van der Waals surface area contributed by atoms with Gasteiger partial charge >= 0.3 is 0 Å². The van der Waals surface area contributed by atoms with Crippen molar-refractivity contribution in [3.05, 3.63) is 65.2 Å². The van der Waals surface area contributed by atoms with E-state index < -0.39 is 0 Å². The van der Waals surface area contributed by atoms with Crippen molar-refractivity contribution in [2.24, 2.45) is 5.73 Å². The Balaban J connectivity index is 2.40. The maximum absolute atomic E-state index is 13.2. The van der Waals surface area contributed by atoms with Crippen molar-refractivity contribution in [2.75, 3.05) is 0 Å². The monoisotopic (exact) mass is 230 g/mol.